The Hall–Kier alpha value is -1.99. The summed E-state index contributed by atoms with van der Waals surface area (Å²) < 4.78 is 34.3. The maximum Gasteiger partial charge on any atom is 0.119 e. The number of ether oxygens (including phenoxy) is 4. The molecule has 5 nitrogen and oxygen atoms in total. The molecule has 2 aliphatic heterocycles. The number of hydrogen-bond donors (Lipinski definition) is 0. The number of alkyl halides is 1. The quantitative estimate of drug-likeness (QED) is 0.504. The molecule has 31 heavy (non-hydrogen) atoms. The molecule has 4 rings (SSSR count). The minimum atomic E-state index is -0.458. The molecule has 0 aromatic heterocycles. The minimum Gasteiger partial charge on any atom is -0.491 e. The summed E-state index contributed by atoms with van der Waals surface area (Å²) in [6.45, 7) is 5.28. The van der Waals surface area contributed by atoms with Gasteiger partial charge in [0.1, 0.15) is 19.0 Å². The van der Waals surface area contributed by atoms with Gasteiger partial charge >= 0.3 is 0 Å². The molecule has 1 spiro atoms. The molecule has 6 heteroatoms. The molecular weight excluding hydrogens is 396 g/mol. The maximum atomic E-state index is 11.9. The highest BCUT2D eigenvalue weighted by atomic mass is 18.2. The smallest absolute Gasteiger partial charge is 0.119 e. The van der Waals surface area contributed by atoms with Gasteiger partial charge in [0, 0.05) is 19.6 Å². The van der Waals surface area contributed by atoms with Crippen LogP contribution in [-0.4, -0.2) is 57.7 Å². The van der Waals surface area contributed by atoms with Gasteiger partial charge in [-0.05, 0) is 41.7 Å². The summed E-state index contributed by atoms with van der Waals surface area (Å²) in [5, 5.41) is 0. The third-order valence-corrected chi connectivity index (χ3v) is 6.10. The van der Waals surface area contributed by atoms with Crippen LogP contribution in [0.25, 0.3) is 0 Å². The van der Waals surface area contributed by atoms with Crippen molar-refractivity contribution in [1.29, 1.82) is 0 Å². The van der Waals surface area contributed by atoms with E-state index < -0.39 is 6.67 Å². The number of hydrogen-bond acceptors (Lipinski definition) is 5. The predicted octanol–water partition coefficient (Wildman–Crippen LogP) is 4.09. The molecule has 2 aromatic carbocycles. The summed E-state index contributed by atoms with van der Waals surface area (Å²) in [6, 6.07) is 16.9. The Morgan fingerprint density at radius 2 is 1.58 bits per heavy atom. The van der Waals surface area contributed by atoms with Crippen LogP contribution in [-0.2, 0) is 33.0 Å². The van der Waals surface area contributed by atoms with E-state index in [1.807, 2.05) is 12.1 Å². The highest BCUT2D eigenvalue weighted by molar-refractivity contribution is 5.36. The molecule has 0 unspecified atom stereocenters. The van der Waals surface area contributed by atoms with Crippen LogP contribution in [0, 0.1) is 0 Å². The molecule has 0 atom stereocenters. The van der Waals surface area contributed by atoms with Crippen molar-refractivity contribution in [2.75, 3.05) is 52.8 Å². The van der Waals surface area contributed by atoms with Gasteiger partial charge in [0.25, 0.3) is 0 Å². The Kier molecular flexibility index (Phi) is 7.92. The number of piperidine rings is 1. The van der Waals surface area contributed by atoms with Gasteiger partial charge in [-0.2, -0.15) is 0 Å². The van der Waals surface area contributed by atoms with Gasteiger partial charge in [0.15, 0.2) is 0 Å². The number of halogens is 1. The maximum absolute atomic E-state index is 11.9. The van der Waals surface area contributed by atoms with Crippen LogP contribution in [0.4, 0.5) is 4.39 Å². The van der Waals surface area contributed by atoms with Crippen LogP contribution >= 0.6 is 0 Å². The van der Waals surface area contributed by atoms with Gasteiger partial charge < -0.3 is 18.9 Å². The summed E-state index contributed by atoms with van der Waals surface area (Å²) in [7, 11) is 0. The van der Waals surface area contributed by atoms with Gasteiger partial charge in [0.05, 0.1) is 38.6 Å². The Balaban J connectivity index is 1.16. The minimum absolute atomic E-state index is 0.0771. The topological polar surface area (TPSA) is 40.2 Å². The average molecular weight is 429 g/mol. The van der Waals surface area contributed by atoms with Gasteiger partial charge in [-0.1, -0.05) is 36.4 Å². The second-order valence-electron chi connectivity index (χ2n) is 8.12. The lowest BCUT2D eigenvalue weighted by Gasteiger charge is -2.39. The Labute approximate surface area is 184 Å². The Morgan fingerprint density at radius 3 is 2.35 bits per heavy atom. The summed E-state index contributed by atoms with van der Waals surface area (Å²) in [5.41, 5.74) is 3.96. The van der Waals surface area contributed by atoms with Gasteiger partial charge in [-0.25, -0.2) is 4.39 Å². The zero-order valence-electron chi connectivity index (χ0n) is 18.1. The van der Waals surface area contributed by atoms with Crippen LogP contribution in [0.2, 0.25) is 0 Å². The molecule has 0 saturated carbocycles. The summed E-state index contributed by atoms with van der Waals surface area (Å²) in [5.74, 6) is 0.842. The van der Waals surface area contributed by atoms with E-state index in [9.17, 15) is 4.39 Å². The molecule has 0 N–H and O–H groups in total. The van der Waals surface area contributed by atoms with Crippen molar-refractivity contribution < 1.29 is 23.3 Å². The molecule has 0 amide bonds. The lowest BCUT2D eigenvalue weighted by Crippen LogP contribution is -2.42. The van der Waals surface area contributed by atoms with Gasteiger partial charge in [-0.15, -0.1) is 0 Å². The molecular formula is C25H32FNO4. The second-order valence-corrected chi connectivity index (χ2v) is 8.12. The van der Waals surface area contributed by atoms with Crippen molar-refractivity contribution in [3.05, 3.63) is 65.2 Å². The predicted molar refractivity (Wildman–Crippen MR) is 117 cm³/mol. The molecule has 0 radical (unpaired) electrons. The van der Waals surface area contributed by atoms with Gasteiger partial charge in [0.2, 0.25) is 0 Å². The third-order valence-electron chi connectivity index (χ3n) is 6.10. The average Bonchev–Trinajstić information content (AvgIpc) is 3.17. The summed E-state index contributed by atoms with van der Waals surface area (Å²) in [6.07, 6.45) is 2.09. The molecule has 0 bridgehead atoms. The standard InChI is InChI=1S/C25H32FNO4/c26-11-14-28-15-16-29-17-18-30-23-7-5-21(6-8-23)19-27-12-9-25(10-13-27)24-4-2-1-3-22(24)20-31-25/h1-8H,9-20H2/i26-1. The Bertz CT molecular complexity index is 805. The molecule has 2 aromatic rings. The van der Waals surface area contributed by atoms with E-state index in [-0.39, 0.29) is 12.2 Å². The molecule has 0 aliphatic carbocycles. The number of likely N-dealkylation sites (tertiary alicyclic amines) is 1. The van der Waals surface area contributed by atoms with E-state index in [4.69, 9.17) is 18.9 Å². The SMILES string of the molecule is [18F]CCOCCOCCOc1ccc(CN2CCC3(CC2)OCc2ccccc23)cc1. The van der Waals surface area contributed by atoms with Gasteiger partial charge in [-0.3, -0.25) is 4.90 Å². The number of benzene rings is 2. The number of nitrogens with zero attached hydrogens (tertiary/aromatic N) is 1. The first kappa shape index (κ1) is 22.2. The van der Waals surface area contributed by atoms with E-state index in [1.54, 1.807) is 0 Å². The van der Waals surface area contributed by atoms with Crippen molar-refractivity contribution in [3.63, 3.8) is 0 Å². The zero-order chi connectivity index (χ0) is 21.4. The van der Waals surface area contributed by atoms with Crippen LogP contribution in [0.1, 0.15) is 29.5 Å². The highest BCUT2D eigenvalue weighted by Gasteiger charge is 2.42. The first-order valence-corrected chi connectivity index (χ1v) is 11.2. The monoisotopic (exact) mass is 428 g/mol. The second kappa shape index (κ2) is 11.0. The van der Waals surface area contributed by atoms with Crippen molar-refractivity contribution >= 4 is 0 Å². The molecule has 1 saturated heterocycles. The number of rotatable bonds is 11. The van der Waals surface area contributed by atoms with E-state index in [0.717, 1.165) is 44.8 Å². The van der Waals surface area contributed by atoms with Crippen molar-refractivity contribution in [2.45, 2.75) is 31.6 Å². The Morgan fingerprint density at radius 1 is 0.871 bits per heavy atom. The van der Waals surface area contributed by atoms with E-state index >= 15 is 0 Å². The van der Waals surface area contributed by atoms with Crippen LogP contribution in [0.5, 0.6) is 5.75 Å². The van der Waals surface area contributed by atoms with Crippen LogP contribution in [0.3, 0.4) is 0 Å². The zero-order valence-corrected chi connectivity index (χ0v) is 18.1. The first-order valence-electron chi connectivity index (χ1n) is 11.2. The van der Waals surface area contributed by atoms with Crippen LogP contribution < -0.4 is 4.74 Å². The molecule has 2 aliphatic rings. The van der Waals surface area contributed by atoms with Crippen LogP contribution in [0.15, 0.2) is 48.5 Å². The van der Waals surface area contributed by atoms with E-state index in [1.165, 1.54) is 16.7 Å². The first-order chi connectivity index (χ1) is 15.3. The lowest BCUT2D eigenvalue weighted by molar-refractivity contribution is -0.0799. The summed E-state index contributed by atoms with van der Waals surface area (Å²) in [4.78, 5) is 2.50. The molecule has 168 valence electrons. The lowest BCUT2D eigenvalue weighted by atomic mass is 9.84. The van der Waals surface area contributed by atoms with Crippen molar-refractivity contribution in [1.82, 2.24) is 4.90 Å². The normalized spacial score (nSPS) is 17.7. The fraction of sp³-hybridized carbons (Fsp3) is 0.520. The largest absolute Gasteiger partial charge is 0.491 e. The van der Waals surface area contributed by atoms with Crippen molar-refractivity contribution in [3.8, 4) is 5.75 Å². The number of fused-ring (bicyclic) bond motifs is 2. The molecule has 1 fully saturated rings. The van der Waals surface area contributed by atoms with E-state index in [0.29, 0.717) is 26.4 Å². The summed E-state index contributed by atoms with van der Waals surface area (Å²) >= 11 is 0. The fourth-order valence-electron chi connectivity index (χ4n) is 4.41. The highest BCUT2D eigenvalue weighted by Crippen LogP contribution is 2.44. The third kappa shape index (κ3) is 5.83. The van der Waals surface area contributed by atoms with Crippen molar-refractivity contribution in [2.24, 2.45) is 0 Å². The fourth-order valence-corrected chi connectivity index (χ4v) is 4.41. The molecule has 2 heterocycles. The van der Waals surface area contributed by atoms with E-state index in [2.05, 4.69) is 41.3 Å².